The predicted molar refractivity (Wildman–Crippen MR) is 77.9 cm³/mol. The standard InChI is InChI=1S/C13H12BrF3N2S/c1-6(11-7(2)19-12(18)20-11)9-4-3-8(14)5-10(9)13(15,16)17/h3-6H,1-2H3,(H2,18,19). The van der Waals surface area contributed by atoms with Gasteiger partial charge in [0.2, 0.25) is 0 Å². The van der Waals surface area contributed by atoms with Gasteiger partial charge in [0.1, 0.15) is 0 Å². The molecule has 2 nitrogen and oxygen atoms in total. The molecule has 0 aliphatic carbocycles. The predicted octanol–water partition coefficient (Wildman–Crippen LogP) is 4.97. The lowest BCUT2D eigenvalue weighted by Gasteiger charge is -2.18. The molecule has 1 heterocycles. The summed E-state index contributed by atoms with van der Waals surface area (Å²) < 4.78 is 39.9. The van der Waals surface area contributed by atoms with Crippen LogP contribution in [0.5, 0.6) is 0 Å². The quantitative estimate of drug-likeness (QED) is 0.817. The van der Waals surface area contributed by atoms with E-state index in [0.29, 0.717) is 15.3 Å². The van der Waals surface area contributed by atoms with E-state index in [0.717, 1.165) is 10.9 Å². The van der Waals surface area contributed by atoms with Gasteiger partial charge in [-0.3, -0.25) is 0 Å². The minimum Gasteiger partial charge on any atom is -0.375 e. The molecular weight excluding hydrogens is 353 g/mol. The fourth-order valence-electron chi connectivity index (χ4n) is 2.12. The van der Waals surface area contributed by atoms with Crippen LogP contribution >= 0.6 is 27.3 Å². The average molecular weight is 365 g/mol. The molecule has 2 rings (SSSR count). The molecule has 0 radical (unpaired) electrons. The Morgan fingerprint density at radius 2 is 2.00 bits per heavy atom. The third-order valence-corrected chi connectivity index (χ3v) is 4.69. The van der Waals surface area contributed by atoms with E-state index >= 15 is 0 Å². The Morgan fingerprint density at radius 1 is 1.35 bits per heavy atom. The Balaban J connectivity index is 2.55. The first-order valence-corrected chi connectivity index (χ1v) is 7.40. The average Bonchev–Trinajstić information content (AvgIpc) is 2.66. The molecule has 1 unspecified atom stereocenters. The molecule has 20 heavy (non-hydrogen) atoms. The molecule has 2 N–H and O–H groups in total. The molecule has 0 amide bonds. The third-order valence-electron chi connectivity index (χ3n) is 3.03. The molecule has 7 heteroatoms. The van der Waals surface area contributed by atoms with E-state index in [4.69, 9.17) is 5.73 Å². The van der Waals surface area contributed by atoms with Gasteiger partial charge >= 0.3 is 6.18 Å². The van der Waals surface area contributed by atoms with Gasteiger partial charge < -0.3 is 5.73 Å². The number of nitrogens with zero attached hydrogens (tertiary/aromatic N) is 1. The minimum absolute atomic E-state index is 0.229. The molecule has 1 atom stereocenters. The first kappa shape index (κ1) is 15.3. The number of anilines is 1. The van der Waals surface area contributed by atoms with Gasteiger partial charge in [0.05, 0.1) is 11.3 Å². The zero-order valence-electron chi connectivity index (χ0n) is 10.8. The molecular formula is C13H12BrF3N2S. The van der Waals surface area contributed by atoms with Crippen molar-refractivity contribution in [3.8, 4) is 0 Å². The van der Waals surface area contributed by atoms with Crippen molar-refractivity contribution in [3.05, 3.63) is 44.4 Å². The normalized spacial score (nSPS) is 13.5. The maximum Gasteiger partial charge on any atom is 0.416 e. The fraction of sp³-hybridized carbons (Fsp3) is 0.308. The molecule has 1 aromatic carbocycles. The lowest BCUT2D eigenvalue weighted by atomic mass is 9.93. The summed E-state index contributed by atoms with van der Waals surface area (Å²) in [5.41, 5.74) is 5.89. The van der Waals surface area contributed by atoms with Crippen molar-refractivity contribution in [2.45, 2.75) is 25.9 Å². The second-order valence-electron chi connectivity index (χ2n) is 4.45. The minimum atomic E-state index is -4.39. The summed E-state index contributed by atoms with van der Waals surface area (Å²) in [5, 5.41) is 0.370. The Bertz CT molecular complexity index is 637. The van der Waals surface area contributed by atoms with E-state index in [2.05, 4.69) is 20.9 Å². The van der Waals surface area contributed by atoms with Gasteiger partial charge in [-0.25, -0.2) is 4.98 Å². The van der Waals surface area contributed by atoms with Crippen LogP contribution in [0.4, 0.5) is 18.3 Å². The second-order valence-corrected chi connectivity index (χ2v) is 6.43. The topological polar surface area (TPSA) is 38.9 Å². The molecule has 0 saturated carbocycles. The van der Waals surface area contributed by atoms with Crippen molar-refractivity contribution in [2.75, 3.05) is 5.73 Å². The summed E-state index contributed by atoms with van der Waals surface area (Å²) in [6.45, 7) is 3.49. The summed E-state index contributed by atoms with van der Waals surface area (Å²) in [7, 11) is 0. The largest absolute Gasteiger partial charge is 0.416 e. The monoisotopic (exact) mass is 364 g/mol. The van der Waals surface area contributed by atoms with Crippen LogP contribution in [0.2, 0.25) is 0 Å². The summed E-state index contributed by atoms with van der Waals surface area (Å²) in [4.78, 5) is 4.83. The SMILES string of the molecule is Cc1nc(N)sc1C(C)c1ccc(Br)cc1C(F)(F)F. The molecule has 0 aliphatic heterocycles. The highest BCUT2D eigenvalue weighted by Crippen LogP contribution is 2.41. The van der Waals surface area contributed by atoms with Crippen molar-refractivity contribution in [1.82, 2.24) is 4.98 Å². The van der Waals surface area contributed by atoms with Crippen molar-refractivity contribution in [1.29, 1.82) is 0 Å². The van der Waals surface area contributed by atoms with E-state index in [-0.39, 0.29) is 5.56 Å². The van der Waals surface area contributed by atoms with E-state index in [9.17, 15) is 13.2 Å². The molecule has 1 aromatic heterocycles. The number of alkyl halides is 3. The highest BCUT2D eigenvalue weighted by molar-refractivity contribution is 9.10. The van der Waals surface area contributed by atoms with Gasteiger partial charge in [0.15, 0.2) is 5.13 Å². The van der Waals surface area contributed by atoms with Gasteiger partial charge in [-0.05, 0) is 24.6 Å². The number of nitrogens with two attached hydrogens (primary N) is 1. The Kier molecular flexibility index (Phi) is 4.11. The number of aryl methyl sites for hydroxylation is 1. The summed E-state index contributed by atoms with van der Waals surface area (Å²) >= 11 is 4.31. The van der Waals surface area contributed by atoms with Crippen LogP contribution in [0.1, 0.15) is 34.5 Å². The van der Waals surface area contributed by atoms with Gasteiger partial charge in [-0.2, -0.15) is 13.2 Å². The number of benzene rings is 1. The molecule has 2 aromatic rings. The number of aromatic nitrogens is 1. The number of rotatable bonds is 2. The lowest BCUT2D eigenvalue weighted by Crippen LogP contribution is -2.11. The first-order valence-electron chi connectivity index (χ1n) is 5.79. The van der Waals surface area contributed by atoms with Crippen molar-refractivity contribution >= 4 is 32.4 Å². The van der Waals surface area contributed by atoms with Crippen LogP contribution < -0.4 is 5.73 Å². The Morgan fingerprint density at radius 3 is 2.50 bits per heavy atom. The van der Waals surface area contributed by atoms with Gasteiger partial charge in [0, 0.05) is 15.3 Å². The van der Waals surface area contributed by atoms with E-state index in [1.54, 1.807) is 19.9 Å². The molecule has 0 bridgehead atoms. The summed E-state index contributed by atoms with van der Waals surface area (Å²) in [5.74, 6) is -0.408. The maximum absolute atomic E-state index is 13.2. The highest BCUT2D eigenvalue weighted by Gasteiger charge is 2.35. The van der Waals surface area contributed by atoms with Crippen molar-refractivity contribution < 1.29 is 13.2 Å². The number of nitrogen functional groups attached to an aromatic ring is 1. The zero-order chi connectivity index (χ0) is 15.1. The number of hydrogen-bond donors (Lipinski definition) is 1. The molecule has 0 saturated heterocycles. The molecule has 0 spiro atoms. The van der Waals surface area contributed by atoms with Crippen LogP contribution in [0, 0.1) is 6.92 Å². The summed E-state index contributed by atoms with van der Waals surface area (Å²) in [6.07, 6.45) is -4.39. The van der Waals surface area contributed by atoms with Crippen LogP contribution in [0.25, 0.3) is 0 Å². The summed E-state index contributed by atoms with van der Waals surface area (Å²) in [6, 6.07) is 4.21. The smallest absolute Gasteiger partial charge is 0.375 e. The number of hydrogen-bond acceptors (Lipinski definition) is 3. The zero-order valence-corrected chi connectivity index (χ0v) is 13.2. The molecule has 0 fully saturated rings. The van der Waals surface area contributed by atoms with E-state index in [1.165, 1.54) is 17.4 Å². The Labute approximate surface area is 127 Å². The third kappa shape index (κ3) is 2.98. The highest BCUT2D eigenvalue weighted by atomic mass is 79.9. The van der Waals surface area contributed by atoms with Crippen molar-refractivity contribution in [2.24, 2.45) is 0 Å². The van der Waals surface area contributed by atoms with Crippen LogP contribution in [-0.2, 0) is 6.18 Å². The van der Waals surface area contributed by atoms with E-state index in [1.807, 2.05) is 0 Å². The maximum atomic E-state index is 13.2. The molecule has 108 valence electrons. The first-order chi connectivity index (χ1) is 9.20. The van der Waals surface area contributed by atoms with Crippen LogP contribution in [-0.4, -0.2) is 4.98 Å². The van der Waals surface area contributed by atoms with Crippen LogP contribution in [0.15, 0.2) is 22.7 Å². The van der Waals surface area contributed by atoms with E-state index < -0.39 is 17.7 Å². The molecule has 0 aliphatic rings. The number of halogens is 4. The second kappa shape index (κ2) is 5.37. The number of thiazole rings is 1. The van der Waals surface area contributed by atoms with Crippen LogP contribution in [0.3, 0.4) is 0 Å². The lowest BCUT2D eigenvalue weighted by molar-refractivity contribution is -0.138. The Hall–Kier alpha value is -1.08. The van der Waals surface area contributed by atoms with Gasteiger partial charge in [0.25, 0.3) is 0 Å². The van der Waals surface area contributed by atoms with Gasteiger partial charge in [-0.1, -0.05) is 28.9 Å². The van der Waals surface area contributed by atoms with Gasteiger partial charge in [-0.15, -0.1) is 11.3 Å². The fourth-order valence-corrected chi connectivity index (χ4v) is 3.39. The van der Waals surface area contributed by atoms with Crippen molar-refractivity contribution in [3.63, 3.8) is 0 Å².